The van der Waals surface area contributed by atoms with E-state index in [1.54, 1.807) is 24.9 Å². The van der Waals surface area contributed by atoms with Gasteiger partial charge in [-0.25, -0.2) is 0 Å². The maximum atomic E-state index is 11.6. The predicted octanol–water partition coefficient (Wildman–Crippen LogP) is 0.872. The molecule has 0 atom stereocenters. The Balaban J connectivity index is 2.52. The van der Waals surface area contributed by atoms with Crippen LogP contribution in [0.3, 0.4) is 0 Å². The molecular formula is C11H15N3O. The maximum absolute atomic E-state index is 11.6. The number of hydrogen-bond acceptors (Lipinski definition) is 2. The van der Waals surface area contributed by atoms with Crippen molar-refractivity contribution in [2.24, 2.45) is 7.05 Å². The Labute approximate surface area is 89.7 Å². The zero-order valence-corrected chi connectivity index (χ0v) is 9.29. The van der Waals surface area contributed by atoms with Crippen LogP contribution in [-0.4, -0.2) is 22.2 Å². The van der Waals surface area contributed by atoms with Crippen LogP contribution in [0, 0.1) is 18.8 Å². The molecule has 1 rings (SSSR count). The van der Waals surface area contributed by atoms with Crippen molar-refractivity contribution in [3.63, 3.8) is 0 Å². The zero-order chi connectivity index (χ0) is 11.3. The van der Waals surface area contributed by atoms with Gasteiger partial charge >= 0.3 is 0 Å². The topological polar surface area (TPSA) is 46.9 Å². The van der Waals surface area contributed by atoms with Crippen LogP contribution in [-0.2, 0) is 7.05 Å². The van der Waals surface area contributed by atoms with Crippen LogP contribution in [0.15, 0.2) is 6.20 Å². The van der Waals surface area contributed by atoms with Crippen LogP contribution in [0.25, 0.3) is 0 Å². The summed E-state index contributed by atoms with van der Waals surface area (Å²) in [6, 6.07) is 0. The van der Waals surface area contributed by atoms with E-state index in [4.69, 9.17) is 0 Å². The van der Waals surface area contributed by atoms with Crippen LogP contribution >= 0.6 is 0 Å². The fraction of sp³-hybridized carbons (Fsp3) is 0.455. The number of carbonyl (C=O) groups is 1. The van der Waals surface area contributed by atoms with Gasteiger partial charge in [-0.1, -0.05) is 0 Å². The highest BCUT2D eigenvalue weighted by Crippen LogP contribution is 2.03. The van der Waals surface area contributed by atoms with E-state index in [1.165, 1.54) is 0 Å². The first kappa shape index (κ1) is 11.3. The molecule has 1 aromatic rings. The van der Waals surface area contributed by atoms with Gasteiger partial charge < -0.3 is 5.32 Å². The summed E-state index contributed by atoms with van der Waals surface area (Å²) in [6.07, 6.45) is 2.40. The Bertz CT molecular complexity index is 409. The average Bonchev–Trinajstić information content (AvgIpc) is 2.52. The standard InChI is InChI=1S/C11H15N3O/c1-4-5-6-7-12-11(15)10-8-14(3)13-9(10)2/h8H,6-7H2,1-3H3,(H,12,15). The smallest absolute Gasteiger partial charge is 0.254 e. The summed E-state index contributed by atoms with van der Waals surface area (Å²) in [5.41, 5.74) is 1.37. The third kappa shape index (κ3) is 3.13. The first-order valence-electron chi connectivity index (χ1n) is 4.83. The SMILES string of the molecule is CC#CCCNC(=O)c1cn(C)nc1C. The van der Waals surface area contributed by atoms with Gasteiger partial charge in [-0.05, 0) is 13.8 Å². The van der Waals surface area contributed by atoms with Gasteiger partial charge in [0, 0.05) is 26.2 Å². The summed E-state index contributed by atoms with van der Waals surface area (Å²) in [7, 11) is 1.80. The molecule has 0 aromatic carbocycles. The third-order valence-electron chi connectivity index (χ3n) is 1.97. The molecule has 0 bridgehead atoms. The lowest BCUT2D eigenvalue weighted by atomic mass is 10.2. The van der Waals surface area contributed by atoms with Crippen molar-refractivity contribution in [1.82, 2.24) is 15.1 Å². The van der Waals surface area contributed by atoms with Gasteiger partial charge in [0.15, 0.2) is 0 Å². The van der Waals surface area contributed by atoms with E-state index in [9.17, 15) is 4.79 Å². The molecule has 1 amide bonds. The number of aryl methyl sites for hydroxylation is 2. The third-order valence-corrected chi connectivity index (χ3v) is 1.97. The molecule has 0 saturated carbocycles. The molecular weight excluding hydrogens is 190 g/mol. The number of nitrogens with zero attached hydrogens (tertiary/aromatic N) is 2. The molecule has 1 heterocycles. The Morgan fingerprint density at radius 3 is 2.93 bits per heavy atom. The molecule has 0 spiro atoms. The van der Waals surface area contributed by atoms with Crippen LogP contribution < -0.4 is 5.32 Å². The van der Waals surface area contributed by atoms with Crippen molar-refractivity contribution >= 4 is 5.91 Å². The Morgan fingerprint density at radius 1 is 1.67 bits per heavy atom. The number of rotatable bonds is 3. The van der Waals surface area contributed by atoms with Crippen molar-refractivity contribution in [2.45, 2.75) is 20.3 Å². The number of aromatic nitrogens is 2. The lowest BCUT2D eigenvalue weighted by Gasteiger charge is -2.00. The van der Waals surface area contributed by atoms with Gasteiger partial charge in [0.05, 0.1) is 11.3 Å². The van der Waals surface area contributed by atoms with E-state index in [0.29, 0.717) is 18.5 Å². The molecule has 80 valence electrons. The minimum Gasteiger partial charge on any atom is -0.351 e. The zero-order valence-electron chi connectivity index (χ0n) is 9.29. The number of hydrogen-bond donors (Lipinski definition) is 1. The Morgan fingerprint density at radius 2 is 2.40 bits per heavy atom. The maximum Gasteiger partial charge on any atom is 0.254 e. The monoisotopic (exact) mass is 205 g/mol. The molecule has 0 radical (unpaired) electrons. The van der Waals surface area contributed by atoms with Gasteiger partial charge in [-0.15, -0.1) is 11.8 Å². The highest BCUT2D eigenvalue weighted by molar-refractivity contribution is 5.94. The fourth-order valence-electron chi connectivity index (χ4n) is 1.28. The van der Waals surface area contributed by atoms with E-state index in [0.717, 1.165) is 5.69 Å². The Hall–Kier alpha value is -1.76. The molecule has 1 aromatic heterocycles. The summed E-state index contributed by atoms with van der Waals surface area (Å²) < 4.78 is 1.64. The number of carbonyl (C=O) groups excluding carboxylic acids is 1. The summed E-state index contributed by atoms with van der Waals surface area (Å²) in [5, 5.41) is 6.90. The molecule has 4 nitrogen and oxygen atoms in total. The van der Waals surface area contributed by atoms with Crippen LogP contribution in [0.2, 0.25) is 0 Å². The molecule has 0 aliphatic heterocycles. The summed E-state index contributed by atoms with van der Waals surface area (Å²) in [6.45, 7) is 4.18. The van der Waals surface area contributed by atoms with Gasteiger partial charge in [0.25, 0.3) is 5.91 Å². The lowest BCUT2D eigenvalue weighted by Crippen LogP contribution is -2.24. The highest BCUT2D eigenvalue weighted by atomic mass is 16.1. The highest BCUT2D eigenvalue weighted by Gasteiger charge is 2.10. The largest absolute Gasteiger partial charge is 0.351 e. The molecule has 0 saturated heterocycles. The van der Waals surface area contributed by atoms with E-state index in [-0.39, 0.29) is 5.91 Å². The molecule has 1 N–H and O–H groups in total. The molecule has 15 heavy (non-hydrogen) atoms. The molecule has 0 aliphatic carbocycles. The second-order valence-corrected chi connectivity index (χ2v) is 3.23. The van der Waals surface area contributed by atoms with Gasteiger partial charge in [0.1, 0.15) is 0 Å². The van der Waals surface area contributed by atoms with Crippen molar-refractivity contribution in [3.05, 3.63) is 17.5 Å². The first-order chi connectivity index (χ1) is 7.15. The van der Waals surface area contributed by atoms with Crippen LogP contribution in [0.1, 0.15) is 29.4 Å². The first-order valence-corrected chi connectivity index (χ1v) is 4.83. The second-order valence-electron chi connectivity index (χ2n) is 3.23. The molecule has 0 aliphatic rings. The van der Waals surface area contributed by atoms with Crippen molar-refractivity contribution in [2.75, 3.05) is 6.54 Å². The summed E-state index contributed by atoms with van der Waals surface area (Å²) in [4.78, 5) is 11.6. The van der Waals surface area contributed by atoms with Gasteiger partial charge in [-0.2, -0.15) is 5.10 Å². The lowest BCUT2D eigenvalue weighted by molar-refractivity contribution is 0.0954. The van der Waals surface area contributed by atoms with E-state index in [2.05, 4.69) is 22.3 Å². The quantitative estimate of drug-likeness (QED) is 0.588. The van der Waals surface area contributed by atoms with Gasteiger partial charge in [-0.3, -0.25) is 9.48 Å². The normalized spacial score (nSPS) is 9.27. The number of amides is 1. The van der Waals surface area contributed by atoms with E-state index < -0.39 is 0 Å². The number of nitrogens with one attached hydrogen (secondary N) is 1. The van der Waals surface area contributed by atoms with Gasteiger partial charge in [0.2, 0.25) is 0 Å². The van der Waals surface area contributed by atoms with E-state index in [1.807, 2.05) is 6.92 Å². The van der Waals surface area contributed by atoms with Crippen molar-refractivity contribution in [1.29, 1.82) is 0 Å². The molecule has 0 unspecified atom stereocenters. The minimum absolute atomic E-state index is 0.0847. The molecule has 4 heteroatoms. The predicted molar refractivity (Wildman–Crippen MR) is 58.3 cm³/mol. The fourth-order valence-corrected chi connectivity index (χ4v) is 1.28. The Kier molecular flexibility index (Phi) is 3.92. The average molecular weight is 205 g/mol. The van der Waals surface area contributed by atoms with Crippen LogP contribution in [0.5, 0.6) is 0 Å². The summed E-state index contributed by atoms with van der Waals surface area (Å²) >= 11 is 0. The van der Waals surface area contributed by atoms with Crippen molar-refractivity contribution < 1.29 is 4.79 Å². The van der Waals surface area contributed by atoms with E-state index >= 15 is 0 Å². The second kappa shape index (κ2) is 5.20. The summed E-state index contributed by atoms with van der Waals surface area (Å²) in [5.74, 6) is 5.58. The molecule has 0 fully saturated rings. The van der Waals surface area contributed by atoms with Crippen LogP contribution in [0.4, 0.5) is 0 Å². The minimum atomic E-state index is -0.0847. The van der Waals surface area contributed by atoms with Crippen molar-refractivity contribution in [3.8, 4) is 11.8 Å².